The Hall–Kier alpha value is -2.04. The number of aliphatic hydroxyl groups is 2. The fraction of sp³-hybridized carbons (Fsp3) is 0.250. The molecule has 1 unspecified atom stereocenters. The molecule has 4 heteroatoms. The van der Waals surface area contributed by atoms with Crippen molar-refractivity contribution in [2.24, 2.45) is 0 Å². The number of hydrogen-bond acceptors (Lipinski definition) is 4. The van der Waals surface area contributed by atoms with Gasteiger partial charge in [0.05, 0.1) is 19.8 Å². The van der Waals surface area contributed by atoms with Crippen molar-refractivity contribution in [1.82, 2.24) is 0 Å². The first-order valence-electron chi connectivity index (χ1n) is 6.46. The molecule has 0 aromatic heterocycles. The summed E-state index contributed by atoms with van der Waals surface area (Å²) >= 11 is 0. The lowest BCUT2D eigenvalue weighted by atomic mass is 9.98. The molecule has 4 N–H and O–H groups in total. The molecule has 0 aliphatic heterocycles. The maximum absolute atomic E-state index is 9.54. The van der Waals surface area contributed by atoms with E-state index < -0.39 is 6.10 Å². The normalized spacial score (nSPS) is 12.2. The lowest BCUT2D eigenvalue weighted by Gasteiger charge is -2.13. The van der Waals surface area contributed by atoms with Crippen LogP contribution >= 0.6 is 0 Å². The number of rotatable bonds is 5. The fourth-order valence-corrected chi connectivity index (χ4v) is 2.17. The number of nitrogens with two attached hydrogens (primary N) is 1. The van der Waals surface area contributed by atoms with Crippen LogP contribution in [0.3, 0.4) is 0 Å². The maximum Gasteiger partial charge on any atom is 0.126 e. The van der Waals surface area contributed by atoms with Crippen molar-refractivity contribution in [3.63, 3.8) is 0 Å². The van der Waals surface area contributed by atoms with Crippen molar-refractivity contribution in [1.29, 1.82) is 0 Å². The average molecular weight is 273 g/mol. The van der Waals surface area contributed by atoms with Gasteiger partial charge in [-0.3, -0.25) is 0 Å². The molecule has 0 amide bonds. The average Bonchev–Trinajstić information content (AvgIpc) is 2.49. The Kier molecular flexibility index (Phi) is 4.61. The Morgan fingerprint density at radius 2 is 1.90 bits per heavy atom. The van der Waals surface area contributed by atoms with Crippen molar-refractivity contribution < 1.29 is 14.9 Å². The maximum atomic E-state index is 9.54. The molecular formula is C16H19NO3. The Morgan fingerprint density at radius 3 is 2.60 bits per heavy atom. The SMILES string of the molecule is COc1ccccc1-c1cc(CC(O)CO)ccc1N. The molecule has 1 atom stereocenters. The number of methoxy groups -OCH3 is 1. The molecule has 0 radical (unpaired) electrons. The van der Waals surface area contributed by atoms with E-state index in [-0.39, 0.29) is 6.61 Å². The van der Waals surface area contributed by atoms with E-state index in [1.807, 2.05) is 36.4 Å². The molecule has 2 aromatic rings. The highest BCUT2D eigenvalue weighted by Gasteiger charge is 2.11. The molecule has 0 spiro atoms. The smallest absolute Gasteiger partial charge is 0.126 e. The molecule has 2 rings (SSSR count). The van der Waals surface area contributed by atoms with Gasteiger partial charge in [0.1, 0.15) is 5.75 Å². The van der Waals surface area contributed by atoms with E-state index in [4.69, 9.17) is 15.6 Å². The summed E-state index contributed by atoms with van der Waals surface area (Å²) in [5.41, 5.74) is 9.38. The summed E-state index contributed by atoms with van der Waals surface area (Å²) in [6.07, 6.45) is -0.372. The van der Waals surface area contributed by atoms with Crippen LogP contribution in [0.2, 0.25) is 0 Å². The Bertz CT molecular complexity index is 584. The van der Waals surface area contributed by atoms with Crippen LogP contribution < -0.4 is 10.5 Å². The van der Waals surface area contributed by atoms with Crippen LogP contribution in [0, 0.1) is 0 Å². The second kappa shape index (κ2) is 6.41. The molecule has 20 heavy (non-hydrogen) atoms. The summed E-state index contributed by atoms with van der Waals surface area (Å²) in [6, 6.07) is 13.2. The van der Waals surface area contributed by atoms with E-state index in [1.165, 1.54) is 0 Å². The topological polar surface area (TPSA) is 75.7 Å². The van der Waals surface area contributed by atoms with Gasteiger partial charge in [0.2, 0.25) is 0 Å². The third-order valence-electron chi connectivity index (χ3n) is 3.20. The van der Waals surface area contributed by atoms with Gasteiger partial charge in [-0.25, -0.2) is 0 Å². The van der Waals surface area contributed by atoms with Gasteiger partial charge in [-0.15, -0.1) is 0 Å². The first kappa shape index (κ1) is 14.4. The van der Waals surface area contributed by atoms with Crippen molar-refractivity contribution >= 4 is 5.69 Å². The van der Waals surface area contributed by atoms with Crippen molar-refractivity contribution in [2.75, 3.05) is 19.5 Å². The van der Waals surface area contributed by atoms with Crippen LogP contribution in [0.1, 0.15) is 5.56 Å². The first-order valence-corrected chi connectivity index (χ1v) is 6.46. The summed E-state index contributed by atoms with van der Waals surface area (Å²) in [7, 11) is 1.62. The molecule has 0 bridgehead atoms. The van der Waals surface area contributed by atoms with Crippen LogP contribution in [0.15, 0.2) is 42.5 Å². The molecule has 2 aromatic carbocycles. The zero-order valence-corrected chi connectivity index (χ0v) is 11.4. The van der Waals surface area contributed by atoms with E-state index in [1.54, 1.807) is 13.2 Å². The Labute approximate surface area is 118 Å². The van der Waals surface area contributed by atoms with Gasteiger partial charge in [0.25, 0.3) is 0 Å². The van der Waals surface area contributed by atoms with Crippen molar-refractivity contribution in [3.8, 4) is 16.9 Å². The minimum atomic E-state index is -0.760. The quantitative estimate of drug-likeness (QED) is 0.727. The molecule has 0 heterocycles. The number of hydrogen-bond donors (Lipinski definition) is 3. The van der Waals surface area contributed by atoms with Crippen LogP contribution in [-0.4, -0.2) is 30.0 Å². The molecule has 4 nitrogen and oxygen atoms in total. The zero-order chi connectivity index (χ0) is 14.5. The predicted octanol–water partition coefficient (Wildman–Crippen LogP) is 1.84. The van der Waals surface area contributed by atoms with Crippen molar-refractivity contribution in [3.05, 3.63) is 48.0 Å². The van der Waals surface area contributed by atoms with Gasteiger partial charge in [0.15, 0.2) is 0 Å². The largest absolute Gasteiger partial charge is 0.496 e. The Morgan fingerprint density at radius 1 is 1.15 bits per heavy atom. The summed E-state index contributed by atoms with van der Waals surface area (Å²) in [4.78, 5) is 0. The second-order valence-corrected chi connectivity index (χ2v) is 4.66. The van der Waals surface area contributed by atoms with Gasteiger partial charge in [-0.05, 0) is 23.8 Å². The minimum Gasteiger partial charge on any atom is -0.496 e. The van der Waals surface area contributed by atoms with Gasteiger partial charge >= 0.3 is 0 Å². The first-order chi connectivity index (χ1) is 9.65. The fourth-order valence-electron chi connectivity index (χ4n) is 2.17. The van der Waals surface area contributed by atoms with Crippen LogP contribution in [0.5, 0.6) is 5.75 Å². The van der Waals surface area contributed by atoms with Crippen LogP contribution in [0.4, 0.5) is 5.69 Å². The third-order valence-corrected chi connectivity index (χ3v) is 3.20. The van der Waals surface area contributed by atoms with E-state index in [0.717, 1.165) is 22.4 Å². The third kappa shape index (κ3) is 3.10. The number of benzene rings is 2. The Balaban J connectivity index is 2.42. The highest BCUT2D eigenvalue weighted by molar-refractivity contribution is 5.80. The van der Waals surface area contributed by atoms with Gasteiger partial charge < -0.3 is 20.7 Å². The number of aliphatic hydroxyl groups excluding tert-OH is 2. The highest BCUT2D eigenvalue weighted by Crippen LogP contribution is 2.34. The summed E-state index contributed by atoms with van der Waals surface area (Å²) in [5.74, 6) is 0.749. The predicted molar refractivity (Wildman–Crippen MR) is 79.6 cm³/mol. The van der Waals surface area contributed by atoms with E-state index in [2.05, 4.69) is 0 Å². The summed E-state index contributed by atoms with van der Waals surface area (Å²) in [5, 5.41) is 18.5. The lowest BCUT2D eigenvalue weighted by Crippen LogP contribution is -2.15. The van der Waals surface area contributed by atoms with Crippen LogP contribution in [0.25, 0.3) is 11.1 Å². The molecule has 0 saturated heterocycles. The monoisotopic (exact) mass is 273 g/mol. The zero-order valence-electron chi connectivity index (χ0n) is 11.4. The number of ether oxygens (including phenoxy) is 1. The molecule has 0 saturated carbocycles. The lowest BCUT2D eigenvalue weighted by molar-refractivity contribution is 0.0955. The molecule has 0 fully saturated rings. The van der Waals surface area contributed by atoms with Gasteiger partial charge in [-0.2, -0.15) is 0 Å². The van der Waals surface area contributed by atoms with Crippen molar-refractivity contribution in [2.45, 2.75) is 12.5 Å². The summed E-state index contributed by atoms with van der Waals surface area (Å²) in [6.45, 7) is -0.256. The standard InChI is InChI=1S/C16H19NO3/c1-20-16-5-3-2-4-13(16)14-9-11(6-7-15(14)17)8-12(19)10-18/h2-7,9,12,18-19H,8,10,17H2,1H3. The summed E-state index contributed by atoms with van der Waals surface area (Å²) < 4.78 is 5.35. The van der Waals surface area contributed by atoms with Gasteiger partial charge in [-0.1, -0.05) is 24.3 Å². The number of para-hydroxylation sites is 1. The molecular weight excluding hydrogens is 254 g/mol. The van der Waals surface area contributed by atoms with E-state index in [9.17, 15) is 5.11 Å². The van der Waals surface area contributed by atoms with E-state index >= 15 is 0 Å². The molecule has 0 aliphatic rings. The van der Waals surface area contributed by atoms with Crippen LogP contribution in [-0.2, 0) is 6.42 Å². The number of nitrogen functional groups attached to an aromatic ring is 1. The molecule has 106 valence electrons. The highest BCUT2D eigenvalue weighted by atomic mass is 16.5. The minimum absolute atomic E-state index is 0.256. The van der Waals surface area contributed by atoms with E-state index in [0.29, 0.717) is 12.1 Å². The van der Waals surface area contributed by atoms with Gasteiger partial charge in [0, 0.05) is 23.2 Å². The number of anilines is 1. The molecule has 0 aliphatic carbocycles. The second-order valence-electron chi connectivity index (χ2n) is 4.66.